The minimum Gasteiger partial charge on any atom is -0.326 e. The highest BCUT2D eigenvalue weighted by molar-refractivity contribution is 7.90. The van der Waals surface area contributed by atoms with Crippen LogP contribution in [0.25, 0.3) is 0 Å². The molecule has 5 nitrogen and oxygen atoms in total. The molecule has 0 aromatic heterocycles. The van der Waals surface area contributed by atoms with Gasteiger partial charge in [0.1, 0.15) is 0 Å². The van der Waals surface area contributed by atoms with E-state index in [1.807, 2.05) is 6.92 Å². The minimum absolute atomic E-state index is 0.0665. The first-order chi connectivity index (χ1) is 8.88. The van der Waals surface area contributed by atoms with Gasteiger partial charge in [-0.05, 0) is 38.1 Å². The smallest absolute Gasteiger partial charge is 0.229 e. The molecule has 1 aromatic rings. The highest BCUT2D eigenvalue weighted by Gasteiger charge is 2.29. The number of carbonyl (C=O) groups excluding carboxylic acids is 1. The van der Waals surface area contributed by atoms with Crippen LogP contribution in [0.1, 0.15) is 13.3 Å². The van der Waals surface area contributed by atoms with E-state index in [4.69, 9.17) is 0 Å². The average molecular weight is 282 g/mol. The number of carbonyl (C=O) groups is 1. The third kappa shape index (κ3) is 3.33. The molecule has 1 heterocycles. The maximum atomic E-state index is 12.1. The Labute approximate surface area is 113 Å². The van der Waals surface area contributed by atoms with Crippen LogP contribution >= 0.6 is 0 Å². The zero-order valence-corrected chi connectivity index (χ0v) is 11.8. The van der Waals surface area contributed by atoms with Gasteiger partial charge in [-0.2, -0.15) is 0 Å². The Morgan fingerprint density at radius 1 is 1.42 bits per heavy atom. The van der Waals surface area contributed by atoms with Crippen molar-refractivity contribution in [3.8, 4) is 0 Å². The third-order valence-electron chi connectivity index (χ3n) is 3.39. The van der Waals surface area contributed by atoms with E-state index in [2.05, 4.69) is 10.6 Å². The fourth-order valence-corrected chi connectivity index (χ4v) is 2.92. The maximum absolute atomic E-state index is 12.1. The Morgan fingerprint density at radius 3 is 2.74 bits per heavy atom. The van der Waals surface area contributed by atoms with Crippen LogP contribution in [0, 0.1) is 5.92 Å². The molecule has 0 aliphatic carbocycles. The second-order valence-electron chi connectivity index (χ2n) is 4.93. The van der Waals surface area contributed by atoms with Gasteiger partial charge in [0.15, 0.2) is 9.84 Å². The van der Waals surface area contributed by atoms with Gasteiger partial charge in [-0.1, -0.05) is 6.07 Å². The van der Waals surface area contributed by atoms with Crippen LogP contribution in [0.2, 0.25) is 0 Å². The number of sulfone groups is 1. The quantitative estimate of drug-likeness (QED) is 0.868. The molecule has 6 heteroatoms. The van der Waals surface area contributed by atoms with E-state index in [1.165, 1.54) is 12.1 Å². The van der Waals surface area contributed by atoms with Gasteiger partial charge in [-0.15, -0.1) is 0 Å². The molecule has 2 rings (SSSR count). The van der Waals surface area contributed by atoms with Gasteiger partial charge in [0.2, 0.25) is 5.91 Å². The number of hydrogen-bond acceptors (Lipinski definition) is 4. The van der Waals surface area contributed by atoms with Gasteiger partial charge in [0.05, 0.1) is 10.8 Å². The van der Waals surface area contributed by atoms with Crippen molar-refractivity contribution < 1.29 is 13.2 Å². The molecule has 1 aliphatic rings. The van der Waals surface area contributed by atoms with Gasteiger partial charge >= 0.3 is 0 Å². The van der Waals surface area contributed by atoms with Crippen molar-refractivity contribution in [3.05, 3.63) is 24.3 Å². The maximum Gasteiger partial charge on any atom is 0.229 e. The number of anilines is 1. The van der Waals surface area contributed by atoms with E-state index in [-0.39, 0.29) is 22.8 Å². The number of hydrogen-bond donors (Lipinski definition) is 2. The summed E-state index contributed by atoms with van der Waals surface area (Å²) < 4.78 is 22.9. The molecule has 1 fully saturated rings. The normalized spacial score (nSPS) is 23.3. The van der Waals surface area contributed by atoms with Crippen LogP contribution in [-0.4, -0.2) is 33.2 Å². The van der Waals surface area contributed by atoms with Crippen molar-refractivity contribution in [1.82, 2.24) is 5.32 Å². The van der Waals surface area contributed by atoms with Gasteiger partial charge in [0, 0.05) is 18.0 Å². The van der Waals surface area contributed by atoms with Crippen LogP contribution in [0.5, 0.6) is 0 Å². The lowest BCUT2D eigenvalue weighted by Gasteiger charge is -2.15. The molecule has 0 radical (unpaired) electrons. The van der Waals surface area contributed by atoms with Crippen LogP contribution in [0.3, 0.4) is 0 Å². The Kier molecular flexibility index (Phi) is 3.91. The molecule has 1 aliphatic heterocycles. The molecule has 0 spiro atoms. The predicted octanol–water partition coefficient (Wildman–Crippen LogP) is 1.03. The first-order valence-corrected chi connectivity index (χ1v) is 8.11. The average Bonchev–Trinajstić information content (AvgIpc) is 2.75. The van der Waals surface area contributed by atoms with Gasteiger partial charge in [-0.25, -0.2) is 8.42 Å². The third-order valence-corrected chi connectivity index (χ3v) is 4.50. The summed E-state index contributed by atoms with van der Waals surface area (Å²) in [7, 11) is -3.25. The summed E-state index contributed by atoms with van der Waals surface area (Å²) >= 11 is 0. The summed E-state index contributed by atoms with van der Waals surface area (Å²) in [5.74, 6) is -0.134. The number of nitrogens with one attached hydrogen (secondary N) is 2. The second kappa shape index (κ2) is 5.30. The van der Waals surface area contributed by atoms with E-state index < -0.39 is 9.84 Å². The summed E-state index contributed by atoms with van der Waals surface area (Å²) in [5, 5.41) is 6.00. The molecule has 2 N–H and O–H groups in total. The van der Waals surface area contributed by atoms with Crippen LogP contribution in [0.15, 0.2) is 29.2 Å². The molecule has 1 amide bonds. The molecule has 0 saturated carbocycles. The van der Waals surface area contributed by atoms with Crippen molar-refractivity contribution in [1.29, 1.82) is 0 Å². The first kappa shape index (κ1) is 14.0. The van der Waals surface area contributed by atoms with Crippen LogP contribution < -0.4 is 10.6 Å². The largest absolute Gasteiger partial charge is 0.326 e. The lowest BCUT2D eigenvalue weighted by atomic mass is 10.0. The lowest BCUT2D eigenvalue weighted by molar-refractivity contribution is -0.120. The first-order valence-electron chi connectivity index (χ1n) is 6.22. The molecule has 1 saturated heterocycles. The van der Waals surface area contributed by atoms with E-state index in [0.717, 1.165) is 19.2 Å². The minimum atomic E-state index is -3.25. The van der Waals surface area contributed by atoms with Crippen LogP contribution in [-0.2, 0) is 14.6 Å². The number of rotatable bonds is 3. The molecular formula is C13H18N2O3S. The fraction of sp³-hybridized carbons (Fsp3) is 0.462. The predicted molar refractivity (Wildman–Crippen MR) is 73.8 cm³/mol. The Bertz CT molecular complexity index is 583. The Balaban J connectivity index is 2.13. The monoisotopic (exact) mass is 282 g/mol. The van der Waals surface area contributed by atoms with E-state index in [9.17, 15) is 13.2 Å². The summed E-state index contributed by atoms with van der Waals surface area (Å²) in [6.07, 6.45) is 1.95. The van der Waals surface area contributed by atoms with E-state index in [1.54, 1.807) is 12.1 Å². The van der Waals surface area contributed by atoms with Crippen molar-refractivity contribution in [3.63, 3.8) is 0 Å². The SMILES string of the molecule is CC1NCCC1C(=O)Nc1cccc(S(C)(=O)=O)c1. The molecule has 1 aromatic carbocycles. The summed E-state index contributed by atoms with van der Waals surface area (Å²) in [6, 6.07) is 6.48. The number of benzene rings is 1. The molecule has 19 heavy (non-hydrogen) atoms. The number of amides is 1. The highest BCUT2D eigenvalue weighted by atomic mass is 32.2. The molecular weight excluding hydrogens is 264 g/mol. The van der Waals surface area contributed by atoms with Gasteiger partial charge in [-0.3, -0.25) is 4.79 Å². The molecule has 2 atom stereocenters. The van der Waals surface area contributed by atoms with Crippen molar-refractivity contribution >= 4 is 21.4 Å². The molecule has 2 unspecified atom stereocenters. The molecule has 0 bridgehead atoms. The zero-order chi connectivity index (χ0) is 14.0. The Hall–Kier alpha value is -1.40. The van der Waals surface area contributed by atoms with Crippen molar-refractivity contribution in [2.75, 3.05) is 18.1 Å². The summed E-state index contributed by atoms with van der Waals surface area (Å²) in [6.45, 7) is 2.81. The van der Waals surface area contributed by atoms with E-state index in [0.29, 0.717) is 5.69 Å². The van der Waals surface area contributed by atoms with Gasteiger partial charge in [0.25, 0.3) is 0 Å². The van der Waals surface area contributed by atoms with Crippen molar-refractivity contribution in [2.24, 2.45) is 5.92 Å². The Morgan fingerprint density at radius 2 is 2.16 bits per heavy atom. The van der Waals surface area contributed by atoms with Crippen molar-refractivity contribution in [2.45, 2.75) is 24.3 Å². The van der Waals surface area contributed by atoms with E-state index >= 15 is 0 Å². The zero-order valence-electron chi connectivity index (χ0n) is 11.0. The summed E-state index contributed by atoms with van der Waals surface area (Å²) in [5.41, 5.74) is 0.520. The summed E-state index contributed by atoms with van der Waals surface area (Å²) in [4.78, 5) is 12.3. The molecule has 104 valence electrons. The lowest BCUT2D eigenvalue weighted by Crippen LogP contribution is -2.32. The highest BCUT2D eigenvalue weighted by Crippen LogP contribution is 2.20. The standard InChI is InChI=1S/C13H18N2O3S/c1-9-12(6-7-14-9)13(16)15-10-4-3-5-11(8-10)19(2,17)18/h3-5,8-9,12,14H,6-7H2,1-2H3,(H,15,16). The topological polar surface area (TPSA) is 75.3 Å². The second-order valence-corrected chi connectivity index (χ2v) is 6.94. The van der Waals surface area contributed by atoms with Crippen LogP contribution in [0.4, 0.5) is 5.69 Å². The fourth-order valence-electron chi connectivity index (χ4n) is 2.26. The van der Waals surface area contributed by atoms with Gasteiger partial charge < -0.3 is 10.6 Å².